The lowest BCUT2D eigenvalue weighted by atomic mass is 10.0. The largest absolute Gasteiger partial charge is 0.497 e. The Hall–Kier alpha value is -2.26. The lowest BCUT2D eigenvalue weighted by molar-refractivity contribution is -0.116. The molecule has 3 heterocycles. The van der Waals surface area contributed by atoms with Crippen LogP contribution in [0.1, 0.15) is 30.9 Å². The van der Waals surface area contributed by atoms with Crippen LogP contribution in [-0.4, -0.2) is 66.4 Å². The van der Waals surface area contributed by atoms with Crippen LogP contribution in [0.5, 0.6) is 5.75 Å². The quantitative estimate of drug-likeness (QED) is 0.654. The molecule has 2 aromatic rings. The number of hydrogen-bond acceptors (Lipinski definition) is 7. The minimum atomic E-state index is 0.115. The fourth-order valence-corrected chi connectivity index (χ4v) is 5.04. The third kappa shape index (κ3) is 3.88. The van der Waals surface area contributed by atoms with Gasteiger partial charge < -0.3 is 19.3 Å². The summed E-state index contributed by atoms with van der Waals surface area (Å²) < 4.78 is 13.0. The van der Waals surface area contributed by atoms with E-state index in [1.54, 1.807) is 7.11 Å². The number of nitrogens with zero attached hydrogens (tertiary/aromatic N) is 5. The first-order valence-electron chi connectivity index (χ1n) is 10.6. The van der Waals surface area contributed by atoms with Gasteiger partial charge in [0, 0.05) is 31.4 Å². The number of anilines is 2. The molecular weight excluding hydrogens is 402 g/mol. The van der Waals surface area contributed by atoms with Gasteiger partial charge in [-0.15, -0.1) is 10.2 Å². The van der Waals surface area contributed by atoms with Crippen LogP contribution in [0.2, 0.25) is 0 Å². The highest BCUT2D eigenvalue weighted by Crippen LogP contribution is 2.41. The molecule has 0 radical (unpaired) electrons. The van der Waals surface area contributed by atoms with Crippen LogP contribution < -0.4 is 14.5 Å². The highest BCUT2D eigenvalue weighted by Gasteiger charge is 2.33. The molecule has 0 spiro atoms. The lowest BCUT2D eigenvalue weighted by Crippen LogP contribution is -2.38. The van der Waals surface area contributed by atoms with Gasteiger partial charge in [0.25, 0.3) is 0 Å². The molecule has 0 bridgehead atoms. The van der Waals surface area contributed by atoms with Crippen molar-refractivity contribution in [2.45, 2.75) is 36.9 Å². The van der Waals surface area contributed by atoms with Gasteiger partial charge in [-0.1, -0.05) is 11.8 Å². The van der Waals surface area contributed by atoms with Crippen molar-refractivity contribution >= 4 is 29.3 Å². The van der Waals surface area contributed by atoms with Crippen LogP contribution in [0, 0.1) is 0 Å². The summed E-state index contributed by atoms with van der Waals surface area (Å²) in [5.41, 5.74) is 2.18. The Morgan fingerprint density at radius 3 is 2.83 bits per heavy atom. The first-order chi connectivity index (χ1) is 14.7. The normalized spacial score (nSPS) is 19.0. The third-order valence-corrected chi connectivity index (χ3v) is 6.81. The van der Waals surface area contributed by atoms with Crippen LogP contribution in [0.4, 0.5) is 11.6 Å². The number of amides is 1. The SMILES string of the molecule is COc1ccc2c(c1)CCCN2C(=O)CSc1nnc(N2CCOCC2)n1C1CC1. The molecule has 1 amide bonds. The molecule has 30 heavy (non-hydrogen) atoms. The molecule has 1 saturated carbocycles. The van der Waals surface area contributed by atoms with E-state index in [1.807, 2.05) is 23.1 Å². The van der Waals surface area contributed by atoms with Crippen molar-refractivity contribution < 1.29 is 14.3 Å². The smallest absolute Gasteiger partial charge is 0.237 e. The maximum atomic E-state index is 13.1. The Balaban J connectivity index is 1.30. The minimum absolute atomic E-state index is 0.115. The molecule has 1 aliphatic carbocycles. The zero-order chi connectivity index (χ0) is 20.5. The zero-order valence-electron chi connectivity index (χ0n) is 17.2. The summed E-state index contributed by atoms with van der Waals surface area (Å²) in [7, 11) is 1.67. The number of ether oxygens (including phenoxy) is 2. The number of benzene rings is 1. The summed E-state index contributed by atoms with van der Waals surface area (Å²) in [4.78, 5) is 17.2. The number of carbonyl (C=O) groups is 1. The number of rotatable bonds is 6. The molecule has 5 rings (SSSR count). The standard InChI is InChI=1S/C21H27N5O3S/c1-28-17-6-7-18-15(13-17)3-2-8-25(18)19(27)14-30-21-23-22-20(26(21)16-4-5-16)24-9-11-29-12-10-24/h6-7,13,16H,2-5,8-12,14H2,1H3. The van der Waals surface area contributed by atoms with Crippen molar-refractivity contribution in [1.29, 1.82) is 0 Å². The van der Waals surface area contributed by atoms with E-state index in [4.69, 9.17) is 9.47 Å². The van der Waals surface area contributed by atoms with E-state index in [-0.39, 0.29) is 5.91 Å². The Bertz CT molecular complexity index is 923. The monoisotopic (exact) mass is 429 g/mol. The van der Waals surface area contributed by atoms with E-state index in [0.717, 1.165) is 81.1 Å². The molecular formula is C21H27N5O3S. The van der Waals surface area contributed by atoms with Gasteiger partial charge in [-0.2, -0.15) is 0 Å². The number of thioether (sulfide) groups is 1. The topological polar surface area (TPSA) is 72.7 Å². The molecule has 2 fully saturated rings. The predicted octanol–water partition coefficient (Wildman–Crippen LogP) is 2.53. The summed E-state index contributed by atoms with van der Waals surface area (Å²) in [6, 6.07) is 6.42. The third-order valence-electron chi connectivity index (χ3n) is 5.88. The van der Waals surface area contributed by atoms with Gasteiger partial charge >= 0.3 is 0 Å². The second kappa shape index (κ2) is 8.47. The van der Waals surface area contributed by atoms with Crippen molar-refractivity contribution in [3.05, 3.63) is 23.8 Å². The van der Waals surface area contributed by atoms with E-state index in [2.05, 4.69) is 19.7 Å². The summed E-state index contributed by atoms with van der Waals surface area (Å²) in [5.74, 6) is 2.24. The Morgan fingerprint density at radius 1 is 1.23 bits per heavy atom. The average Bonchev–Trinajstić information content (AvgIpc) is 3.55. The molecule has 1 aromatic carbocycles. The van der Waals surface area contributed by atoms with E-state index in [0.29, 0.717) is 11.8 Å². The number of hydrogen-bond donors (Lipinski definition) is 0. The maximum Gasteiger partial charge on any atom is 0.237 e. The van der Waals surface area contributed by atoms with E-state index in [1.165, 1.54) is 17.3 Å². The van der Waals surface area contributed by atoms with Gasteiger partial charge in [-0.05, 0) is 49.4 Å². The van der Waals surface area contributed by atoms with Crippen molar-refractivity contribution in [2.75, 3.05) is 55.5 Å². The van der Waals surface area contributed by atoms with Crippen LogP contribution in [-0.2, 0) is 16.0 Å². The Morgan fingerprint density at radius 2 is 2.07 bits per heavy atom. The fourth-order valence-electron chi connectivity index (χ4n) is 4.16. The van der Waals surface area contributed by atoms with Gasteiger partial charge in [0.15, 0.2) is 5.16 Å². The molecule has 3 aliphatic rings. The first-order valence-corrected chi connectivity index (χ1v) is 11.6. The molecule has 0 atom stereocenters. The molecule has 0 unspecified atom stereocenters. The van der Waals surface area contributed by atoms with Crippen LogP contribution >= 0.6 is 11.8 Å². The predicted molar refractivity (Wildman–Crippen MR) is 116 cm³/mol. The highest BCUT2D eigenvalue weighted by molar-refractivity contribution is 7.99. The Labute approximate surface area is 180 Å². The summed E-state index contributed by atoms with van der Waals surface area (Å²) in [6.07, 6.45) is 4.24. The molecule has 0 N–H and O–H groups in total. The van der Waals surface area contributed by atoms with Gasteiger partial charge in [0.1, 0.15) is 5.75 Å². The van der Waals surface area contributed by atoms with Gasteiger partial charge in [0.05, 0.1) is 26.1 Å². The number of carbonyl (C=O) groups excluding carboxylic acids is 1. The second-order valence-electron chi connectivity index (χ2n) is 7.92. The number of methoxy groups -OCH3 is 1. The van der Waals surface area contributed by atoms with Crippen LogP contribution in [0.3, 0.4) is 0 Å². The Kier molecular flexibility index (Phi) is 5.56. The maximum absolute atomic E-state index is 13.1. The lowest BCUT2D eigenvalue weighted by Gasteiger charge is -2.30. The molecule has 1 saturated heterocycles. The summed E-state index contributed by atoms with van der Waals surface area (Å²) in [5, 5.41) is 9.76. The second-order valence-corrected chi connectivity index (χ2v) is 8.86. The fraction of sp³-hybridized carbons (Fsp3) is 0.571. The molecule has 160 valence electrons. The van der Waals surface area contributed by atoms with Gasteiger partial charge in [0.2, 0.25) is 11.9 Å². The zero-order valence-corrected chi connectivity index (χ0v) is 18.1. The number of aromatic nitrogens is 3. The minimum Gasteiger partial charge on any atom is -0.497 e. The van der Waals surface area contributed by atoms with Crippen LogP contribution in [0.25, 0.3) is 0 Å². The number of aryl methyl sites for hydroxylation is 1. The summed E-state index contributed by atoms with van der Waals surface area (Å²) in [6.45, 7) is 3.87. The van der Waals surface area contributed by atoms with Crippen molar-refractivity contribution in [1.82, 2.24) is 14.8 Å². The summed E-state index contributed by atoms with van der Waals surface area (Å²) >= 11 is 1.50. The van der Waals surface area contributed by atoms with Gasteiger partial charge in [-0.3, -0.25) is 9.36 Å². The molecule has 2 aliphatic heterocycles. The van der Waals surface area contributed by atoms with Crippen molar-refractivity contribution in [3.8, 4) is 5.75 Å². The number of fused-ring (bicyclic) bond motifs is 1. The van der Waals surface area contributed by atoms with E-state index >= 15 is 0 Å². The van der Waals surface area contributed by atoms with Crippen LogP contribution in [0.15, 0.2) is 23.4 Å². The van der Waals surface area contributed by atoms with Gasteiger partial charge in [-0.25, -0.2) is 0 Å². The highest BCUT2D eigenvalue weighted by atomic mass is 32.2. The van der Waals surface area contributed by atoms with Crippen molar-refractivity contribution in [2.24, 2.45) is 0 Å². The van der Waals surface area contributed by atoms with E-state index < -0.39 is 0 Å². The van der Waals surface area contributed by atoms with E-state index in [9.17, 15) is 4.79 Å². The number of morpholine rings is 1. The average molecular weight is 430 g/mol. The first kappa shape index (κ1) is 19.7. The van der Waals surface area contributed by atoms with Crippen molar-refractivity contribution in [3.63, 3.8) is 0 Å². The molecule has 8 nitrogen and oxygen atoms in total. The molecule has 9 heteroatoms. The molecule has 1 aromatic heterocycles.